The summed E-state index contributed by atoms with van der Waals surface area (Å²) in [7, 11) is 0. The zero-order chi connectivity index (χ0) is 12.3. The molecule has 1 saturated heterocycles. The zero-order valence-electron chi connectivity index (χ0n) is 10.2. The van der Waals surface area contributed by atoms with Crippen LogP contribution in [-0.4, -0.2) is 29.1 Å². The number of carbonyl (C=O) groups is 1. The maximum Gasteiger partial charge on any atom is 0.223 e. The van der Waals surface area contributed by atoms with Crippen LogP contribution in [0.15, 0.2) is 30.3 Å². The van der Waals surface area contributed by atoms with E-state index in [1.54, 1.807) is 0 Å². The van der Waals surface area contributed by atoms with Crippen LogP contribution in [-0.2, 0) is 4.79 Å². The lowest BCUT2D eigenvalue weighted by atomic mass is 10.0. The third-order valence-electron chi connectivity index (χ3n) is 3.44. The molecule has 0 bridgehead atoms. The first kappa shape index (κ1) is 12.1. The zero-order valence-corrected chi connectivity index (χ0v) is 10.2. The Bertz CT molecular complexity index is 377. The van der Waals surface area contributed by atoms with Crippen molar-refractivity contribution in [3.05, 3.63) is 35.9 Å². The van der Waals surface area contributed by atoms with Gasteiger partial charge in [0.1, 0.15) is 0 Å². The molecule has 1 aliphatic rings. The van der Waals surface area contributed by atoms with Gasteiger partial charge in [-0.1, -0.05) is 37.3 Å². The summed E-state index contributed by atoms with van der Waals surface area (Å²) >= 11 is 0. The summed E-state index contributed by atoms with van der Waals surface area (Å²) in [6, 6.07) is 10.3. The Kier molecular flexibility index (Phi) is 3.79. The van der Waals surface area contributed by atoms with Crippen LogP contribution in [0.4, 0.5) is 0 Å². The van der Waals surface area contributed by atoms with E-state index in [4.69, 9.17) is 5.11 Å². The van der Waals surface area contributed by atoms with Gasteiger partial charge in [-0.2, -0.15) is 0 Å². The average Bonchev–Trinajstić information content (AvgIpc) is 2.73. The molecule has 0 aliphatic carbocycles. The fourth-order valence-corrected chi connectivity index (χ4v) is 2.54. The van der Waals surface area contributed by atoms with E-state index in [2.05, 4.69) is 19.1 Å². The summed E-state index contributed by atoms with van der Waals surface area (Å²) in [5.41, 5.74) is 1.18. The Morgan fingerprint density at radius 3 is 2.65 bits per heavy atom. The molecule has 1 fully saturated rings. The molecule has 0 radical (unpaired) electrons. The highest BCUT2D eigenvalue weighted by atomic mass is 16.3. The molecule has 1 aliphatic heterocycles. The molecule has 3 nitrogen and oxygen atoms in total. The summed E-state index contributed by atoms with van der Waals surface area (Å²) < 4.78 is 0. The van der Waals surface area contributed by atoms with Gasteiger partial charge in [-0.3, -0.25) is 4.79 Å². The molecule has 2 rings (SSSR count). The number of carbonyl (C=O) groups excluding carboxylic acids is 1. The number of aliphatic hydroxyl groups is 1. The van der Waals surface area contributed by atoms with Crippen molar-refractivity contribution in [1.82, 2.24) is 4.90 Å². The summed E-state index contributed by atoms with van der Waals surface area (Å²) in [5, 5.41) is 9.15. The van der Waals surface area contributed by atoms with Crippen LogP contribution in [0.3, 0.4) is 0 Å². The Balaban J connectivity index is 2.17. The third kappa shape index (κ3) is 2.50. The second-order valence-corrected chi connectivity index (χ2v) is 4.63. The van der Waals surface area contributed by atoms with E-state index in [0.717, 1.165) is 6.42 Å². The summed E-state index contributed by atoms with van der Waals surface area (Å²) in [4.78, 5) is 13.8. The van der Waals surface area contributed by atoms with Crippen molar-refractivity contribution in [2.24, 2.45) is 5.92 Å². The van der Waals surface area contributed by atoms with Crippen LogP contribution in [0.1, 0.15) is 31.4 Å². The van der Waals surface area contributed by atoms with Gasteiger partial charge in [-0.25, -0.2) is 0 Å². The lowest BCUT2D eigenvalue weighted by molar-refractivity contribution is -0.129. The average molecular weight is 233 g/mol. The van der Waals surface area contributed by atoms with E-state index in [1.165, 1.54) is 5.56 Å². The van der Waals surface area contributed by atoms with E-state index in [9.17, 15) is 4.79 Å². The van der Waals surface area contributed by atoms with Crippen molar-refractivity contribution in [3.8, 4) is 0 Å². The fourth-order valence-electron chi connectivity index (χ4n) is 2.54. The van der Waals surface area contributed by atoms with Gasteiger partial charge in [-0.05, 0) is 12.0 Å². The first-order valence-corrected chi connectivity index (χ1v) is 6.21. The van der Waals surface area contributed by atoms with E-state index in [0.29, 0.717) is 13.0 Å². The van der Waals surface area contributed by atoms with Crippen LogP contribution >= 0.6 is 0 Å². The van der Waals surface area contributed by atoms with Gasteiger partial charge in [-0.15, -0.1) is 0 Å². The summed E-state index contributed by atoms with van der Waals surface area (Å²) in [5.74, 6) is 0.278. The predicted octanol–water partition coefficient (Wildman–Crippen LogP) is 1.98. The minimum Gasteiger partial charge on any atom is -0.396 e. The number of amides is 1. The highest BCUT2D eigenvalue weighted by molar-refractivity contribution is 5.79. The van der Waals surface area contributed by atoms with Gasteiger partial charge in [0.05, 0.1) is 6.04 Å². The third-order valence-corrected chi connectivity index (χ3v) is 3.44. The van der Waals surface area contributed by atoms with Crippen LogP contribution in [0.25, 0.3) is 0 Å². The molecule has 17 heavy (non-hydrogen) atoms. The normalized spacial score (nSPS) is 21.9. The van der Waals surface area contributed by atoms with Crippen LogP contribution < -0.4 is 0 Å². The van der Waals surface area contributed by atoms with Crippen molar-refractivity contribution >= 4 is 5.91 Å². The van der Waals surface area contributed by atoms with Crippen molar-refractivity contribution in [2.75, 3.05) is 13.2 Å². The maximum atomic E-state index is 11.9. The first-order valence-electron chi connectivity index (χ1n) is 6.21. The van der Waals surface area contributed by atoms with Crippen molar-refractivity contribution < 1.29 is 9.90 Å². The van der Waals surface area contributed by atoms with Gasteiger partial charge in [0.25, 0.3) is 0 Å². The molecule has 0 aromatic heterocycles. The van der Waals surface area contributed by atoms with E-state index >= 15 is 0 Å². The van der Waals surface area contributed by atoms with Crippen LogP contribution in [0, 0.1) is 5.92 Å². The molecule has 2 atom stereocenters. The number of benzene rings is 1. The summed E-state index contributed by atoms with van der Waals surface area (Å²) in [6.45, 7) is 2.88. The van der Waals surface area contributed by atoms with E-state index < -0.39 is 0 Å². The number of aliphatic hydroxyl groups excluding tert-OH is 1. The smallest absolute Gasteiger partial charge is 0.223 e. The molecule has 1 N–H and O–H groups in total. The van der Waals surface area contributed by atoms with Crippen molar-refractivity contribution in [2.45, 2.75) is 25.8 Å². The molecular weight excluding hydrogens is 214 g/mol. The molecule has 1 amide bonds. The standard InChI is InChI=1S/C14H19NO2/c1-2-13(12-6-4-3-5-7-12)15-9-11(10-16)8-14(15)17/h3-7,11,13,16H,2,8-10H2,1H3/t11?,13-/m0/s1. The SMILES string of the molecule is CC[C@@H](c1ccccc1)N1CC(CO)CC1=O. The number of nitrogens with zero attached hydrogens (tertiary/aromatic N) is 1. The quantitative estimate of drug-likeness (QED) is 0.864. The molecule has 0 spiro atoms. The lowest BCUT2D eigenvalue weighted by Gasteiger charge is -2.27. The van der Waals surface area contributed by atoms with Crippen molar-refractivity contribution in [3.63, 3.8) is 0 Å². The number of rotatable bonds is 4. The second kappa shape index (κ2) is 5.32. The first-order chi connectivity index (χ1) is 8.26. The lowest BCUT2D eigenvalue weighted by Crippen LogP contribution is -2.30. The van der Waals surface area contributed by atoms with E-state index in [1.807, 2.05) is 23.1 Å². The molecule has 1 aromatic carbocycles. The van der Waals surface area contributed by atoms with Gasteiger partial charge in [0, 0.05) is 25.5 Å². The topological polar surface area (TPSA) is 40.5 Å². The molecule has 1 aromatic rings. The predicted molar refractivity (Wildman–Crippen MR) is 66.4 cm³/mol. The molecular formula is C14H19NO2. The molecule has 1 heterocycles. The van der Waals surface area contributed by atoms with Gasteiger partial charge >= 0.3 is 0 Å². The molecule has 1 unspecified atom stereocenters. The molecule has 0 saturated carbocycles. The minimum absolute atomic E-state index is 0.105. The Morgan fingerprint density at radius 1 is 1.41 bits per heavy atom. The van der Waals surface area contributed by atoms with Gasteiger partial charge in [0.15, 0.2) is 0 Å². The van der Waals surface area contributed by atoms with Gasteiger partial charge in [0.2, 0.25) is 5.91 Å². The fraction of sp³-hybridized carbons (Fsp3) is 0.500. The monoisotopic (exact) mass is 233 g/mol. The Hall–Kier alpha value is -1.35. The number of hydrogen-bond acceptors (Lipinski definition) is 2. The Morgan fingerprint density at radius 2 is 2.12 bits per heavy atom. The van der Waals surface area contributed by atoms with Crippen molar-refractivity contribution in [1.29, 1.82) is 0 Å². The highest BCUT2D eigenvalue weighted by Crippen LogP contribution is 2.30. The van der Waals surface area contributed by atoms with Crippen LogP contribution in [0.5, 0.6) is 0 Å². The molecule has 92 valence electrons. The molecule has 3 heteroatoms. The highest BCUT2D eigenvalue weighted by Gasteiger charge is 2.33. The Labute approximate surface area is 102 Å². The minimum atomic E-state index is 0.105. The second-order valence-electron chi connectivity index (χ2n) is 4.63. The summed E-state index contributed by atoms with van der Waals surface area (Å²) in [6.07, 6.45) is 1.40. The van der Waals surface area contributed by atoms with Gasteiger partial charge < -0.3 is 10.0 Å². The van der Waals surface area contributed by atoms with Crippen LogP contribution in [0.2, 0.25) is 0 Å². The largest absolute Gasteiger partial charge is 0.396 e. The maximum absolute atomic E-state index is 11.9. The number of hydrogen-bond donors (Lipinski definition) is 1. The van der Waals surface area contributed by atoms with E-state index in [-0.39, 0.29) is 24.5 Å². The number of likely N-dealkylation sites (tertiary alicyclic amines) is 1.